The molecule has 0 spiro atoms. The third-order valence-electron chi connectivity index (χ3n) is 2.53. The molecule has 0 aliphatic heterocycles. The Labute approximate surface area is 97.0 Å². The summed E-state index contributed by atoms with van der Waals surface area (Å²) in [5.41, 5.74) is 3.37. The van der Waals surface area contributed by atoms with Crippen LogP contribution in [0.5, 0.6) is 5.75 Å². The van der Waals surface area contributed by atoms with Crippen LogP contribution in [0, 0.1) is 0 Å². The number of alkyl halides is 3. The molecule has 1 aromatic carbocycles. The number of nitrogens with two attached hydrogens (primary N) is 1. The first kappa shape index (κ1) is 13.8. The molecule has 0 amide bonds. The molecule has 1 rings (SSSR count). The van der Waals surface area contributed by atoms with Crippen molar-refractivity contribution in [3.63, 3.8) is 0 Å². The van der Waals surface area contributed by atoms with Crippen LogP contribution in [0.1, 0.15) is 18.1 Å². The minimum Gasteiger partial charge on any atom is -0.496 e. The lowest BCUT2D eigenvalue weighted by molar-refractivity contribution is -0.138. The molecule has 0 saturated heterocycles. The monoisotopic (exact) mass is 249 g/mol. The molecule has 6 heteroatoms. The van der Waals surface area contributed by atoms with Crippen LogP contribution in [0.4, 0.5) is 13.2 Å². The van der Waals surface area contributed by atoms with Gasteiger partial charge in [0.1, 0.15) is 5.75 Å². The zero-order valence-corrected chi connectivity index (χ0v) is 9.51. The molecule has 3 N–H and O–H groups in total. The third-order valence-corrected chi connectivity index (χ3v) is 2.53. The molecule has 0 radical (unpaired) electrons. The highest BCUT2D eigenvalue weighted by molar-refractivity contribution is 5.41. The molecule has 96 valence electrons. The largest absolute Gasteiger partial charge is 0.496 e. The normalized spacial score (nSPS) is 15.5. The minimum atomic E-state index is -4.49. The highest BCUT2D eigenvalue weighted by atomic mass is 19.4. The number of methoxy groups -OCH3 is 1. The summed E-state index contributed by atoms with van der Waals surface area (Å²) in [7, 11) is 1.14. The predicted octanol–water partition coefficient (Wildman–Crippen LogP) is 1.88. The quantitative estimate of drug-likeness (QED) is 0.860. The number of benzene rings is 1. The summed E-state index contributed by atoms with van der Waals surface area (Å²) in [4.78, 5) is 0. The molecule has 0 bridgehead atoms. The number of hydrogen-bond acceptors (Lipinski definition) is 3. The Morgan fingerprint density at radius 3 is 2.35 bits per heavy atom. The maximum Gasteiger partial charge on any atom is 0.419 e. The Balaban J connectivity index is 3.27. The fourth-order valence-corrected chi connectivity index (χ4v) is 1.38. The van der Waals surface area contributed by atoms with Crippen molar-refractivity contribution in [2.75, 3.05) is 13.7 Å². The highest BCUT2D eigenvalue weighted by Crippen LogP contribution is 2.38. The van der Waals surface area contributed by atoms with Crippen LogP contribution in [0.3, 0.4) is 0 Å². The van der Waals surface area contributed by atoms with E-state index in [2.05, 4.69) is 4.74 Å². The number of halogens is 3. The van der Waals surface area contributed by atoms with Crippen molar-refractivity contribution < 1.29 is 23.0 Å². The number of rotatable bonds is 3. The van der Waals surface area contributed by atoms with E-state index in [4.69, 9.17) is 5.73 Å². The van der Waals surface area contributed by atoms with E-state index in [0.29, 0.717) is 0 Å². The van der Waals surface area contributed by atoms with Crippen molar-refractivity contribution in [3.8, 4) is 5.75 Å². The average Bonchev–Trinajstić information content (AvgIpc) is 2.27. The maximum atomic E-state index is 12.6. The standard InChI is InChI=1S/C11H14F3NO2/c1-10(16,6-15)7-3-4-8(11(12,13)14)9(5-7)17-2/h3-5,16H,6,15H2,1-2H3. The van der Waals surface area contributed by atoms with E-state index in [0.717, 1.165) is 19.2 Å². The second-order valence-corrected chi connectivity index (χ2v) is 3.89. The number of ether oxygens (including phenoxy) is 1. The highest BCUT2D eigenvalue weighted by Gasteiger charge is 2.35. The second kappa shape index (κ2) is 4.54. The van der Waals surface area contributed by atoms with Crippen LogP contribution in [-0.4, -0.2) is 18.8 Å². The van der Waals surface area contributed by atoms with E-state index >= 15 is 0 Å². The Morgan fingerprint density at radius 1 is 1.35 bits per heavy atom. The van der Waals surface area contributed by atoms with Gasteiger partial charge in [-0.2, -0.15) is 13.2 Å². The molecule has 1 atom stereocenters. The zero-order chi connectivity index (χ0) is 13.3. The van der Waals surface area contributed by atoms with Crippen molar-refractivity contribution in [1.29, 1.82) is 0 Å². The van der Waals surface area contributed by atoms with Gasteiger partial charge in [0.05, 0.1) is 18.3 Å². The molecule has 1 aromatic rings. The molecule has 3 nitrogen and oxygen atoms in total. The fraction of sp³-hybridized carbons (Fsp3) is 0.455. The van der Waals surface area contributed by atoms with Crippen molar-refractivity contribution in [2.45, 2.75) is 18.7 Å². The van der Waals surface area contributed by atoms with Crippen LogP contribution in [0.15, 0.2) is 18.2 Å². The van der Waals surface area contributed by atoms with Crippen LogP contribution < -0.4 is 10.5 Å². The van der Waals surface area contributed by atoms with Gasteiger partial charge >= 0.3 is 6.18 Å². The van der Waals surface area contributed by atoms with E-state index in [-0.39, 0.29) is 17.9 Å². The van der Waals surface area contributed by atoms with Crippen molar-refractivity contribution in [3.05, 3.63) is 29.3 Å². The number of hydrogen-bond donors (Lipinski definition) is 2. The molecule has 0 aromatic heterocycles. The van der Waals surface area contributed by atoms with Gasteiger partial charge < -0.3 is 15.6 Å². The molecule has 0 aliphatic carbocycles. The Bertz CT molecular complexity index is 402. The van der Waals surface area contributed by atoms with Crippen molar-refractivity contribution >= 4 is 0 Å². The zero-order valence-electron chi connectivity index (χ0n) is 9.51. The van der Waals surface area contributed by atoms with Gasteiger partial charge in [-0.1, -0.05) is 6.07 Å². The molecule has 0 aliphatic rings. The van der Waals surface area contributed by atoms with Gasteiger partial charge in [0.25, 0.3) is 0 Å². The minimum absolute atomic E-state index is 0.0957. The Kier molecular flexibility index (Phi) is 3.68. The first-order chi connectivity index (χ1) is 7.72. The lowest BCUT2D eigenvalue weighted by Crippen LogP contribution is -2.31. The van der Waals surface area contributed by atoms with Gasteiger partial charge in [0, 0.05) is 6.54 Å². The lowest BCUT2D eigenvalue weighted by Gasteiger charge is -2.23. The van der Waals surface area contributed by atoms with Crippen molar-refractivity contribution in [2.24, 2.45) is 5.73 Å². The summed E-state index contributed by atoms with van der Waals surface area (Å²) in [5.74, 6) is -0.330. The van der Waals surface area contributed by atoms with Gasteiger partial charge in [-0.25, -0.2) is 0 Å². The van der Waals surface area contributed by atoms with Gasteiger partial charge in [-0.15, -0.1) is 0 Å². The molecule has 17 heavy (non-hydrogen) atoms. The van der Waals surface area contributed by atoms with Crippen LogP contribution in [-0.2, 0) is 11.8 Å². The smallest absolute Gasteiger partial charge is 0.419 e. The Morgan fingerprint density at radius 2 is 1.94 bits per heavy atom. The van der Waals surface area contributed by atoms with E-state index in [9.17, 15) is 18.3 Å². The Hall–Kier alpha value is -1.27. The van der Waals surface area contributed by atoms with Crippen LogP contribution in [0.2, 0.25) is 0 Å². The summed E-state index contributed by atoms with van der Waals surface area (Å²) >= 11 is 0. The third kappa shape index (κ3) is 2.89. The average molecular weight is 249 g/mol. The molecule has 1 unspecified atom stereocenters. The molecule has 0 saturated carbocycles. The summed E-state index contributed by atoms with van der Waals surface area (Å²) in [6.07, 6.45) is -4.49. The second-order valence-electron chi connectivity index (χ2n) is 3.89. The lowest BCUT2D eigenvalue weighted by atomic mass is 9.94. The molecule has 0 heterocycles. The van der Waals surface area contributed by atoms with E-state index in [1.165, 1.54) is 13.0 Å². The summed E-state index contributed by atoms with van der Waals surface area (Å²) in [6.45, 7) is 1.33. The van der Waals surface area contributed by atoms with Crippen molar-refractivity contribution in [1.82, 2.24) is 0 Å². The summed E-state index contributed by atoms with van der Waals surface area (Å²) in [5, 5.41) is 9.85. The molecule has 0 fully saturated rings. The first-order valence-corrected chi connectivity index (χ1v) is 4.90. The van der Waals surface area contributed by atoms with Gasteiger partial charge in [-0.3, -0.25) is 0 Å². The van der Waals surface area contributed by atoms with E-state index < -0.39 is 17.3 Å². The predicted molar refractivity (Wildman–Crippen MR) is 56.6 cm³/mol. The maximum absolute atomic E-state index is 12.6. The van der Waals surface area contributed by atoms with E-state index in [1.807, 2.05) is 0 Å². The topological polar surface area (TPSA) is 55.5 Å². The molecular weight excluding hydrogens is 235 g/mol. The van der Waals surface area contributed by atoms with E-state index in [1.54, 1.807) is 0 Å². The van der Waals surface area contributed by atoms with Gasteiger partial charge in [-0.05, 0) is 24.6 Å². The SMILES string of the molecule is COc1cc(C(C)(O)CN)ccc1C(F)(F)F. The molecular formula is C11H14F3NO2. The van der Waals surface area contributed by atoms with Gasteiger partial charge in [0.15, 0.2) is 0 Å². The first-order valence-electron chi connectivity index (χ1n) is 4.90. The summed E-state index contributed by atoms with van der Waals surface area (Å²) in [6, 6.07) is 3.21. The van der Waals surface area contributed by atoms with Crippen LogP contribution >= 0.6 is 0 Å². The fourth-order valence-electron chi connectivity index (χ4n) is 1.38. The number of aliphatic hydroxyl groups is 1. The van der Waals surface area contributed by atoms with Crippen LogP contribution in [0.25, 0.3) is 0 Å². The van der Waals surface area contributed by atoms with Gasteiger partial charge in [0.2, 0.25) is 0 Å². The summed E-state index contributed by atoms with van der Waals surface area (Å²) < 4.78 is 42.4.